The van der Waals surface area contributed by atoms with Crippen LogP contribution in [0.2, 0.25) is 0 Å². The lowest BCUT2D eigenvalue weighted by atomic mass is 9.96. The van der Waals surface area contributed by atoms with Gasteiger partial charge in [-0.25, -0.2) is 4.79 Å². The summed E-state index contributed by atoms with van der Waals surface area (Å²) in [5, 5.41) is 19.7. The Hall–Kier alpha value is -4.46. The second-order valence-electron chi connectivity index (χ2n) is 7.00. The molecule has 3 aromatic rings. The number of ketones is 1. The molecule has 0 saturated carbocycles. The van der Waals surface area contributed by atoms with Gasteiger partial charge in [0, 0.05) is 23.6 Å². The van der Waals surface area contributed by atoms with Crippen LogP contribution in [0.4, 0.5) is 5.69 Å². The smallest absolute Gasteiger partial charge is 0.341 e. The number of carbonyl (C=O) groups excluding carboxylic acids is 2. The number of hydrogen-bond donors (Lipinski definition) is 2. The van der Waals surface area contributed by atoms with Crippen LogP contribution in [0.3, 0.4) is 0 Å². The maximum Gasteiger partial charge on any atom is 0.341 e. The number of aliphatic hydroxyl groups is 1. The maximum atomic E-state index is 13.0. The number of hydrogen-bond acceptors (Lipinski definition) is 6. The lowest BCUT2D eigenvalue weighted by Crippen LogP contribution is -2.29. The van der Waals surface area contributed by atoms with Crippen molar-refractivity contribution in [2.45, 2.75) is 6.04 Å². The highest BCUT2D eigenvalue weighted by Crippen LogP contribution is 2.42. The molecule has 0 aliphatic carbocycles. The zero-order chi connectivity index (χ0) is 22.7. The first-order chi connectivity index (χ1) is 15.5. The fourth-order valence-electron chi connectivity index (χ4n) is 3.55. The van der Waals surface area contributed by atoms with Gasteiger partial charge < -0.3 is 14.9 Å². The number of carboxylic acids is 1. The van der Waals surface area contributed by atoms with Crippen LogP contribution in [-0.2, 0) is 14.4 Å². The van der Waals surface area contributed by atoms with Crippen molar-refractivity contribution in [1.82, 2.24) is 4.98 Å². The minimum atomic E-state index is -1.11. The lowest BCUT2D eigenvalue weighted by Gasteiger charge is -2.25. The van der Waals surface area contributed by atoms with Gasteiger partial charge in [-0.2, -0.15) is 0 Å². The summed E-state index contributed by atoms with van der Waals surface area (Å²) in [6.07, 6.45) is 3.10. The van der Waals surface area contributed by atoms with Crippen LogP contribution in [0.5, 0.6) is 5.75 Å². The number of ether oxygens (including phenoxy) is 1. The Bertz CT molecular complexity index is 1190. The van der Waals surface area contributed by atoms with Crippen molar-refractivity contribution in [1.29, 1.82) is 0 Å². The second-order valence-corrected chi connectivity index (χ2v) is 7.00. The van der Waals surface area contributed by atoms with E-state index in [1.807, 2.05) is 0 Å². The average molecular weight is 430 g/mol. The number of carboxylic acid groups (broad SMARTS) is 1. The van der Waals surface area contributed by atoms with Crippen molar-refractivity contribution in [3.05, 3.63) is 95.8 Å². The third-order valence-corrected chi connectivity index (χ3v) is 4.97. The molecular weight excluding hydrogens is 412 g/mol. The number of benzene rings is 2. The minimum absolute atomic E-state index is 0.0413. The quantitative estimate of drug-likeness (QED) is 0.350. The number of rotatable bonds is 6. The van der Waals surface area contributed by atoms with Gasteiger partial charge in [-0.15, -0.1) is 0 Å². The normalized spacial score (nSPS) is 17.4. The standard InChI is InChI=1S/C24H18N2O6/c27-19(28)14-32-18-10-8-17(9-11-18)26-21(16-7-4-12-25-13-16)20(23(30)24(26)31)22(29)15-5-2-1-3-6-15/h1-13,21,29H,14H2,(H,27,28)/b22-20+. The number of aromatic nitrogens is 1. The highest BCUT2D eigenvalue weighted by atomic mass is 16.5. The van der Waals surface area contributed by atoms with Gasteiger partial charge in [-0.1, -0.05) is 36.4 Å². The van der Waals surface area contributed by atoms with Gasteiger partial charge in [0.2, 0.25) is 0 Å². The van der Waals surface area contributed by atoms with E-state index in [0.29, 0.717) is 22.6 Å². The van der Waals surface area contributed by atoms with Crippen molar-refractivity contribution in [2.24, 2.45) is 0 Å². The number of aliphatic hydroxyl groups excluding tert-OH is 1. The number of anilines is 1. The van der Waals surface area contributed by atoms with Gasteiger partial charge >= 0.3 is 5.97 Å². The van der Waals surface area contributed by atoms with Gasteiger partial charge in [0.05, 0.1) is 11.6 Å². The monoisotopic (exact) mass is 430 g/mol. The topological polar surface area (TPSA) is 117 Å². The molecule has 2 N–H and O–H groups in total. The number of nitrogens with zero attached hydrogens (tertiary/aromatic N) is 2. The molecule has 1 fully saturated rings. The predicted octanol–water partition coefficient (Wildman–Crippen LogP) is 3.17. The SMILES string of the molecule is O=C(O)COc1ccc(N2C(=O)C(=O)/C(=C(/O)c3ccccc3)C2c2cccnc2)cc1. The van der Waals surface area contributed by atoms with Gasteiger partial charge in [0.1, 0.15) is 11.5 Å². The van der Waals surface area contributed by atoms with Crippen molar-refractivity contribution in [3.63, 3.8) is 0 Å². The van der Waals surface area contributed by atoms with Crippen LogP contribution in [0.25, 0.3) is 5.76 Å². The Morgan fingerprint density at radius 3 is 2.31 bits per heavy atom. The van der Waals surface area contributed by atoms with Crippen LogP contribution in [0.15, 0.2) is 84.7 Å². The fourth-order valence-corrected chi connectivity index (χ4v) is 3.55. The molecule has 32 heavy (non-hydrogen) atoms. The zero-order valence-electron chi connectivity index (χ0n) is 16.7. The van der Waals surface area contributed by atoms with E-state index in [0.717, 1.165) is 0 Å². The summed E-state index contributed by atoms with van der Waals surface area (Å²) in [7, 11) is 0. The van der Waals surface area contributed by atoms with E-state index in [2.05, 4.69) is 4.98 Å². The third kappa shape index (κ3) is 3.93. The predicted molar refractivity (Wildman–Crippen MR) is 115 cm³/mol. The first kappa shape index (κ1) is 20.8. The van der Waals surface area contributed by atoms with Gasteiger partial charge in [0.15, 0.2) is 6.61 Å². The molecule has 1 atom stereocenters. The van der Waals surface area contributed by atoms with Crippen LogP contribution in [-0.4, -0.2) is 39.5 Å². The zero-order valence-corrected chi connectivity index (χ0v) is 16.7. The summed E-state index contributed by atoms with van der Waals surface area (Å²) in [5.41, 5.74) is 1.31. The molecule has 2 heterocycles. The van der Waals surface area contributed by atoms with Crippen molar-refractivity contribution in [2.75, 3.05) is 11.5 Å². The van der Waals surface area contributed by atoms with E-state index in [9.17, 15) is 19.5 Å². The minimum Gasteiger partial charge on any atom is -0.507 e. The molecule has 4 rings (SSSR count). The van der Waals surface area contributed by atoms with Crippen molar-refractivity contribution >= 4 is 29.1 Å². The Balaban J connectivity index is 1.80. The van der Waals surface area contributed by atoms with Crippen LogP contribution in [0, 0.1) is 0 Å². The molecule has 160 valence electrons. The Labute approximate surface area is 183 Å². The number of amides is 1. The van der Waals surface area contributed by atoms with Gasteiger partial charge in [0.25, 0.3) is 11.7 Å². The molecular formula is C24H18N2O6. The molecule has 1 aliphatic rings. The summed E-state index contributed by atoms with van der Waals surface area (Å²) >= 11 is 0. The van der Waals surface area contributed by atoms with Crippen molar-refractivity contribution < 1.29 is 29.3 Å². The van der Waals surface area contributed by atoms with E-state index in [-0.39, 0.29) is 11.3 Å². The molecule has 0 radical (unpaired) electrons. The lowest BCUT2D eigenvalue weighted by molar-refractivity contribution is -0.139. The molecule has 8 nitrogen and oxygen atoms in total. The molecule has 1 unspecified atom stereocenters. The van der Waals surface area contributed by atoms with Crippen LogP contribution >= 0.6 is 0 Å². The molecule has 1 aliphatic heterocycles. The summed E-state index contributed by atoms with van der Waals surface area (Å²) < 4.78 is 5.13. The summed E-state index contributed by atoms with van der Waals surface area (Å²) in [6.45, 7) is -0.503. The highest BCUT2D eigenvalue weighted by molar-refractivity contribution is 6.51. The van der Waals surface area contributed by atoms with Gasteiger partial charge in [-0.05, 0) is 35.9 Å². The average Bonchev–Trinajstić information content (AvgIpc) is 3.09. The van der Waals surface area contributed by atoms with E-state index in [4.69, 9.17) is 9.84 Å². The molecule has 1 saturated heterocycles. The van der Waals surface area contributed by atoms with E-state index >= 15 is 0 Å². The maximum absolute atomic E-state index is 13.0. The second kappa shape index (κ2) is 8.73. The van der Waals surface area contributed by atoms with E-state index in [1.54, 1.807) is 60.8 Å². The number of aliphatic carboxylic acids is 1. The summed E-state index contributed by atoms with van der Waals surface area (Å²) in [6, 6.07) is 17.2. The molecule has 1 amide bonds. The molecule has 8 heteroatoms. The Morgan fingerprint density at radius 2 is 1.69 bits per heavy atom. The fraction of sp³-hybridized carbons (Fsp3) is 0.0833. The van der Waals surface area contributed by atoms with E-state index in [1.165, 1.54) is 23.2 Å². The summed E-state index contributed by atoms with van der Waals surface area (Å²) in [5.74, 6) is -2.70. The number of Topliss-reactive ketones (excluding diaryl/α,β-unsaturated/α-hetero) is 1. The number of carbonyl (C=O) groups is 3. The van der Waals surface area contributed by atoms with E-state index < -0.39 is 30.3 Å². The summed E-state index contributed by atoms with van der Waals surface area (Å²) in [4.78, 5) is 42.1. The number of pyridine rings is 1. The third-order valence-electron chi connectivity index (χ3n) is 4.97. The first-order valence-corrected chi connectivity index (χ1v) is 9.68. The van der Waals surface area contributed by atoms with Crippen molar-refractivity contribution in [3.8, 4) is 5.75 Å². The van der Waals surface area contributed by atoms with Crippen LogP contribution in [0.1, 0.15) is 17.2 Å². The molecule has 0 spiro atoms. The molecule has 1 aromatic heterocycles. The largest absolute Gasteiger partial charge is 0.507 e. The first-order valence-electron chi connectivity index (χ1n) is 9.68. The Morgan fingerprint density at radius 1 is 0.969 bits per heavy atom. The Kier molecular flexibility index (Phi) is 5.67. The highest BCUT2D eigenvalue weighted by Gasteiger charge is 2.47. The van der Waals surface area contributed by atoms with Crippen LogP contribution < -0.4 is 9.64 Å². The molecule has 0 bridgehead atoms. The van der Waals surface area contributed by atoms with Gasteiger partial charge in [-0.3, -0.25) is 19.5 Å². The molecule has 2 aromatic carbocycles.